The van der Waals surface area contributed by atoms with Gasteiger partial charge in [-0.25, -0.2) is 4.39 Å². The van der Waals surface area contributed by atoms with Gasteiger partial charge in [0.1, 0.15) is 5.82 Å². The highest BCUT2D eigenvalue weighted by molar-refractivity contribution is 5.76. The summed E-state index contributed by atoms with van der Waals surface area (Å²) in [5.41, 5.74) is 0.486. The number of piperazine rings is 1. The summed E-state index contributed by atoms with van der Waals surface area (Å²) in [5, 5.41) is 3.21. The summed E-state index contributed by atoms with van der Waals surface area (Å²) in [6, 6.07) is 2.99. The average molecular weight is 324 g/mol. The fourth-order valence-corrected chi connectivity index (χ4v) is 2.62. The number of ether oxygens (including phenoxy) is 2. The summed E-state index contributed by atoms with van der Waals surface area (Å²) in [4.78, 5) is 14.0. The maximum absolute atomic E-state index is 14.2. The van der Waals surface area contributed by atoms with E-state index in [1.165, 1.54) is 6.07 Å². The summed E-state index contributed by atoms with van der Waals surface area (Å²) < 4.78 is 25.1. The van der Waals surface area contributed by atoms with Crippen LogP contribution < -0.4 is 14.8 Å². The fraction of sp³-hybridized carbons (Fsp3) is 0.588. The number of aryl methyl sites for hydroxylation is 1. The first-order chi connectivity index (χ1) is 11.2. The lowest BCUT2D eigenvalue weighted by Crippen LogP contribution is -2.46. The molecular formula is C17H25FN2O3. The molecule has 0 bridgehead atoms. The minimum Gasteiger partial charge on any atom is -0.490 e. The quantitative estimate of drug-likeness (QED) is 0.833. The number of nitrogens with zero attached hydrogens (tertiary/aromatic N) is 1. The molecule has 0 atom stereocenters. The second-order valence-corrected chi connectivity index (χ2v) is 5.39. The van der Waals surface area contributed by atoms with Gasteiger partial charge >= 0.3 is 0 Å². The Hall–Kier alpha value is -1.82. The van der Waals surface area contributed by atoms with Crippen molar-refractivity contribution in [3.8, 4) is 11.5 Å². The minimum absolute atomic E-state index is 0.0674. The summed E-state index contributed by atoms with van der Waals surface area (Å²) >= 11 is 0. The van der Waals surface area contributed by atoms with E-state index in [-0.39, 0.29) is 11.7 Å². The molecule has 0 spiro atoms. The topological polar surface area (TPSA) is 50.8 Å². The van der Waals surface area contributed by atoms with E-state index < -0.39 is 0 Å². The van der Waals surface area contributed by atoms with E-state index in [0.29, 0.717) is 43.1 Å². The van der Waals surface area contributed by atoms with Gasteiger partial charge in [0.05, 0.1) is 13.2 Å². The van der Waals surface area contributed by atoms with Crippen LogP contribution in [-0.2, 0) is 11.2 Å². The molecule has 1 amide bonds. The molecule has 1 heterocycles. The molecule has 1 aliphatic heterocycles. The molecule has 1 aromatic carbocycles. The van der Waals surface area contributed by atoms with Crippen molar-refractivity contribution in [1.82, 2.24) is 10.2 Å². The van der Waals surface area contributed by atoms with Crippen LogP contribution in [-0.4, -0.2) is 50.2 Å². The van der Waals surface area contributed by atoms with E-state index in [4.69, 9.17) is 9.47 Å². The van der Waals surface area contributed by atoms with Crippen molar-refractivity contribution >= 4 is 5.91 Å². The maximum atomic E-state index is 14.2. The SMILES string of the molecule is CCOc1cc(F)c(CCC(=O)N2CCNCC2)cc1OCC. The Morgan fingerprint density at radius 2 is 1.78 bits per heavy atom. The van der Waals surface area contributed by atoms with E-state index >= 15 is 0 Å². The van der Waals surface area contributed by atoms with Crippen LogP contribution in [0.3, 0.4) is 0 Å². The third-order valence-electron chi connectivity index (χ3n) is 3.79. The Morgan fingerprint density at radius 1 is 1.17 bits per heavy atom. The highest BCUT2D eigenvalue weighted by atomic mass is 19.1. The Bertz CT molecular complexity index is 531. The highest BCUT2D eigenvalue weighted by Crippen LogP contribution is 2.31. The van der Waals surface area contributed by atoms with Crippen molar-refractivity contribution in [2.45, 2.75) is 26.7 Å². The molecule has 6 heteroatoms. The van der Waals surface area contributed by atoms with Gasteiger partial charge < -0.3 is 19.7 Å². The number of hydrogen-bond acceptors (Lipinski definition) is 4. The summed E-state index contributed by atoms with van der Waals surface area (Å²) in [6.45, 7) is 7.70. The molecule has 1 saturated heterocycles. The van der Waals surface area contributed by atoms with Crippen LogP contribution in [0.1, 0.15) is 25.8 Å². The van der Waals surface area contributed by atoms with Gasteiger partial charge in [-0.15, -0.1) is 0 Å². The number of halogens is 1. The molecule has 23 heavy (non-hydrogen) atoms. The van der Waals surface area contributed by atoms with Crippen molar-refractivity contribution < 1.29 is 18.7 Å². The van der Waals surface area contributed by atoms with Crippen molar-refractivity contribution in [2.24, 2.45) is 0 Å². The third kappa shape index (κ3) is 4.82. The first-order valence-corrected chi connectivity index (χ1v) is 8.22. The zero-order valence-electron chi connectivity index (χ0n) is 13.9. The number of benzene rings is 1. The monoisotopic (exact) mass is 324 g/mol. The molecule has 1 fully saturated rings. The molecular weight excluding hydrogens is 299 g/mol. The van der Waals surface area contributed by atoms with Gasteiger partial charge in [0.2, 0.25) is 5.91 Å². The van der Waals surface area contributed by atoms with Gasteiger partial charge in [0, 0.05) is 38.7 Å². The standard InChI is InChI=1S/C17H25FN2O3/c1-3-22-15-11-13(14(18)12-16(15)23-4-2)5-6-17(21)20-9-7-19-8-10-20/h11-12,19H,3-10H2,1-2H3. The van der Waals surface area contributed by atoms with Crippen LogP contribution in [0, 0.1) is 5.82 Å². The summed E-state index contributed by atoms with van der Waals surface area (Å²) in [5.74, 6) is 0.646. The molecule has 0 saturated carbocycles. The second-order valence-electron chi connectivity index (χ2n) is 5.39. The van der Waals surface area contributed by atoms with Crippen molar-refractivity contribution in [3.05, 3.63) is 23.5 Å². The predicted molar refractivity (Wildman–Crippen MR) is 86.5 cm³/mol. The Kier molecular flexibility index (Phi) is 6.65. The molecule has 1 aliphatic rings. The number of rotatable bonds is 7. The fourth-order valence-electron chi connectivity index (χ4n) is 2.62. The largest absolute Gasteiger partial charge is 0.490 e. The third-order valence-corrected chi connectivity index (χ3v) is 3.79. The lowest BCUT2D eigenvalue weighted by atomic mass is 10.1. The molecule has 2 rings (SSSR count). The molecule has 0 aromatic heterocycles. The molecule has 0 unspecified atom stereocenters. The van der Waals surface area contributed by atoms with Gasteiger partial charge in [-0.2, -0.15) is 0 Å². The van der Waals surface area contributed by atoms with Crippen LogP contribution in [0.5, 0.6) is 11.5 Å². The van der Waals surface area contributed by atoms with Crippen LogP contribution in [0.4, 0.5) is 4.39 Å². The van der Waals surface area contributed by atoms with Crippen molar-refractivity contribution in [3.63, 3.8) is 0 Å². The average Bonchev–Trinajstić information content (AvgIpc) is 2.57. The number of carbonyl (C=O) groups is 1. The number of hydrogen-bond donors (Lipinski definition) is 1. The van der Waals surface area contributed by atoms with E-state index in [9.17, 15) is 9.18 Å². The van der Waals surface area contributed by atoms with Crippen LogP contribution in [0.2, 0.25) is 0 Å². The van der Waals surface area contributed by atoms with E-state index in [1.54, 1.807) is 6.07 Å². The van der Waals surface area contributed by atoms with Crippen molar-refractivity contribution in [2.75, 3.05) is 39.4 Å². The number of carbonyl (C=O) groups excluding carboxylic acids is 1. The van der Waals surface area contributed by atoms with Gasteiger partial charge in [-0.3, -0.25) is 4.79 Å². The second kappa shape index (κ2) is 8.72. The highest BCUT2D eigenvalue weighted by Gasteiger charge is 2.18. The first kappa shape index (κ1) is 17.5. The number of amides is 1. The van der Waals surface area contributed by atoms with E-state index in [0.717, 1.165) is 26.2 Å². The van der Waals surface area contributed by atoms with E-state index in [2.05, 4.69) is 5.32 Å². The van der Waals surface area contributed by atoms with Gasteiger partial charge in [-0.1, -0.05) is 0 Å². The van der Waals surface area contributed by atoms with Crippen molar-refractivity contribution in [1.29, 1.82) is 0 Å². The van der Waals surface area contributed by atoms with Crippen LogP contribution in [0.25, 0.3) is 0 Å². The molecule has 0 aliphatic carbocycles. The zero-order chi connectivity index (χ0) is 16.7. The van der Waals surface area contributed by atoms with Crippen LogP contribution >= 0.6 is 0 Å². The molecule has 1 N–H and O–H groups in total. The lowest BCUT2D eigenvalue weighted by Gasteiger charge is -2.27. The molecule has 0 radical (unpaired) electrons. The molecule has 5 nitrogen and oxygen atoms in total. The smallest absolute Gasteiger partial charge is 0.222 e. The van der Waals surface area contributed by atoms with Gasteiger partial charge in [-0.05, 0) is 31.9 Å². The zero-order valence-corrected chi connectivity index (χ0v) is 13.9. The van der Waals surface area contributed by atoms with E-state index in [1.807, 2.05) is 18.7 Å². The summed E-state index contributed by atoms with van der Waals surface area (Å²) in [7, 11) is 0. The molecule has 128 valence electrons. The summed E-state index contributed by atoms with van der Waals surface area (Å²) in [6.07, 6.45) is 0.664. The molecule has 1 aromatic rings. The van der Waals surface area contributed by atoms with Crippen LogP contribution in [0.15, 0.2) is 12.1 Å². The van der Waals surface area contributed by atoms with Gasteiger partial charge in [0.15, 0.2) is 11.5 Å². The Labute approximate surface area is 136 Å². The van der Waals surface area contributed by atoms with Gasteiger partial charge in [0.25, 0.3) is 0 Å². The Morgan fingerprint density at radius 3 is 2.39 bits per heavy atom. The maximum Gasteiger partial charge on any atom is 0.222 e. The predicted octanol–water partition coefficient (Wildman–Crippen LogP) is 1.99. The first-order valence-electron chi connectivity index (χ1n) is 8.22. The normalized spacial score (nSPS) is 14.7. The minimum atomic E-state index is -0.356. The Balaban J connectivity index is 2.03. The number of nitrogens with one attached hydrogen (secondary N) is 1. The lowest BCUT2D eigenvalue weighted by molar-refractivity contribution is -0.131.